The topological polar surface area (TPSA) is 80.3 Å². The third-order valence-electron chi connectivity index (χ3n) is 2.75. The minimum absolute atomic E-state index is 0.000692. The Hall–Kier alpha value is -1.18. The van der Waals surface area contributed by atoms with Gasteiger partial charge < -0.3 is 10.1 Å². The maximum Gasteiger partial charge on any atom is 0.260 e. The summed E-state index contributed by atoms with van der Waals surface area (Å²) in [7, 11) is -0.470. The fourth-order valence-electron chi connectivity index (χ4n) is 1.59. The number of aromatic nitrogens is 1. The Morgan fingerprint density at radius 3 is 2.63 bits per heavy atom. The van der Waals surface area contributed by atoms with Gasteiger partial charge in [-0.15, -0.1) is 0 Å². The second kappa shape index (κ2) is 6.83. The first kappa shape index (κ1) is 15.9. The Bertz CT molecular complexity index is 503. The lowest BCUT2D eigenvalue weighted by Crippen LogP contribution is -2.42. The van der Waals surface area contributed by atoms with E-state index in [0.717, 1.165) is 0 Å². The van der Waals surface area contributed by atoms with Gasteiger partial charge in [-0.25, -0.2) is 18.1 Å². The number of ether oxygens (including phenoxy) is 1. The van der Waals surface area contributed by atoms with Gasteiger partial charge in [-0.1, -0.05) is 13.8 Å². The number of methoxy groups -OCH3 is 1. The Balaban J connectivity index is 3.03. The van der Waals surface area contributed by atoms with Crippen LogP contribution in [0.25, 0.3) is 0 Å². The molecule has 0 spiro atoms. The second-order valence-electron chi connectivity index (χ2n) is 4.53. The predicted molar refractivity (Wildman–Crippen MR) is 74.6 cm³/mol. The molecule has 0 amide bonds. The zero-order valence-corrected chi connectivity index (χ0v) is 12.5. The van der Waals surface area contributed by atoms with Crippen LogP contribution < -0.4 is 10.0 Å². The van der Waals surface area contributed by atoms with Crippen molar-refractivity contribution in [3.63, 3.8) is 0 Å². The number of sulfonamides is 1. The molecule has 1 rings (SSSR count). The molecule has 1 aromatic heterocycles. The molecule has 0 saturated heterocycles. The van der Waals surface area contributed by atoms with Gasteiger partial charge in [0.2, 0.25) is 0 Å². The van der Waals surface area contributed by atoms with Crippen molar-refractivity contribution >= 4 is 15.7 Å². The standard InChI is InChI=1S/C12H21N3O3S/c1-9(2)11(8-18-4)15-19(16,17)12-10(13-3)6-5-7-14-12/h5-7,9,11,13,15H,8H2,1-4H3. The fourth-order valence-corrected chi connectivity index (χ4v) is 3.10. The average molecular weight is 287 g/mol. The second-order valence-corrected chi connectivity index (χ2v) is 6.16. The number of nitrogens with zero attached hydrogens (tertiary/aromatic N) is 1. The van der Waals surface area contributed by atoms with Gasteiger partial charge >= 0.3 is 0 Å². The molecular formula is C12H21N3O3S. The highest BCUT2D eigenvalue weighted by molar-refractivity contribution is 7.89. The van der Waals surface area contributed by atoms with E-state index in [4.69, 9.17) is 4.74 Å². The van der Waals surface area contributed by atoms with E-state index < -0.39 is 10.0 Å². The smallest absolute Gasteiger partial charge is 0.260 e. The number of hydrogen-bond donors (Lipinski definition) is 2. The summed E-state index contributed by atoms with van der Waals surface area (Å²) in [6.07, 6.45) is 1.45. The van der Waals surface area contributed by atoms with Gasteiger partial charge in [0.05, 0.1) is 12.3 Å². The minimum atomic E-state index is -3.67. The van der Waals surface area contributed by atoms with Crippen LogP contribution in [0.4, 0.5) is 5.69 Å². The molecule has 0 aliphatic heterocycles. The van der Waals surface area contributed by atoms with Crippen molar-refractivity contribution in [2.45, 2.75) is 24.9 Å². The molecule has 1 heterocycles. The molecule has 1 atom stereocenters. The normalized spacial score (nSPS) is 13.5. The van der Waals surface area contributed by atoms with Crippen molar-refractivity contribution in [1.29, 1.82) is 0 Å². The minimum Gasteiger partial charge on any atom is -0.386 e. The van der Waals surface area contributed by atoms with Gasteiger partial charge in [0, 0.05) is 26.4 Å². The van der Waals surface area contributed by atoms with Crippen molar-refractivity contribution in [1.82, 2.24) is 9.71 Å². The number of rotatable bonds is 7. The number of hydrogen-bond acceptors (Lipinski definition) is 5. The van der Waals surface area contributed by atoms with Gasteiger partial charge in [0.25, 0.3) is 10.0 Å². The van der Waals surface area contributed by atoms with Gasteiger partial charge in [-0.2, -0.15) is 0 Å². The highest BCUT2D eigenvalue weighted by Crippen LogP contribution is 2.18. The van der Waals surface area contributed by atoms with E-state index in [1.807, 2.05) is 13.8 Å². The van der Waals surface area contributed by atoms with E-state index in [1.165, 1.54) is 6.20 Å². The van der Waals surface area contributed by atoms with Crippen LogP contribution in [0.5, 0.6) is 0 Å². The van der Waals surface area contributed by atoms with Crippen LogP contribution >= 0.6 is 0 Å². The zero-order valence-electron chi connectivity index (χ0n) is 11.7. The average Bonchev–Trinajstić information content (AvgIpc) is 2.38. The summed E-state index contributed by atoms with van der Waals surface area (Å²) < 4.78 is 32.3. The molecule has 7 heteroatoms. The SMILES string of the molecule is CNc1cccnc1S(=O)(=O)NC(COC)C(C)C. The van der Waals surface area contributed by atoms with Crippen LogP contribution in [-0.2, 0) is 14.8 Å². The van der Waals surface area contributed by atoms with Gasteiger partial charge in [-0.3, -0.25) is 0 Å². The van der Waals surface area contributed by atoms with E-state index in [-0.39, 0.29) is 17.0 Å². The summed E-state index contributed by atoms with van der Waals surface area (Å²) in [6, 6.07) is 3.06. The lowest BCUT2D eigenvalue weighted by atomic mass is 10.1. The lowest BCUT2D eigenvalue weighted by Gasteiger charge is -2.21. The largest absolute Gasteiger partial charge is 0.386 e. The van der Waals surface area contributed by atoms with Crippen molar-refractivity contribution < 1.29 is 13.2 Å². The van der Waals surface area contributed by atoms with Crippen LogP contribution in [0.3, 0.4) is 0 Å². The molecule has 0 saturated carbocycles. The molecule has 1 aromatic rings. The molecule has 0 aliphatic carbocycles. The zero-order chi connectivity index (χ0) is 14.5. The van der Waals surface area contributed by atoms with Crippen molar-refractivity contribution in [2.75, 3.05) is 26.1 Å². The summed E-state index contributed by atoms with van der Waals surface area (Å²) >= 11 is 0. The van der Waals surface area contributed by atoms with Crippen molar-refractivity contribution in [3.8, 4) is 0 Å². The molecular weight excluding hydrogens is 266 g/mol. The maximum atomic E-state index is 12.3. The first-order valence-electron chi connectivity index (χ1n) is 6.06. The quantitative estimate of drug-likeness (QED) is 0.784. The third-order valence-corrected chi connectivity index (χ3v) is 4.20. The van der Waals surface area contributed by atoms with Crippen LogP contribution in [0.15, 0.2) is 23.4 Å². The first-order valence-corrected chi connectivity index (χ1v) is 7.54. The predicted octanol–water partition coefficient (Wildman–Crippen LogP) is 1.07. The van der Waals surface area contributed by atoms with Crippen LogP contribution in [-0.4, -0.2) is 40.2 Å². The highest BCUT2D eigenvalue weighted by atomic mass is 32.2. The molecule has 2 N–H and O–H groups in total. The Labute approximate surface area is 114 Å². The summed E-state index contributed by atoms with van der Waals surface area (Å²) in [6.45, 7) is 4.19. The molecule has 19 heavy (non-hydrogen) atoms. The Kier molecular flexibility index (Phi) is 5.71. The summed E-state index contributed by atoms with van der Waals surface area (Å²) in [5.74, 6) is 0.122. The molecule has 108 valence electrons. The maximum absolute atomic E-state index is 12.3. The monoisotopic (exact) mass is 287 g/mol. The lowest BCUT2D eigenvalue weighted by molar-refractivity contribution is 0.157. The van der Waals surface area contributed by atoms with Gasteiger partial charge in [0.1, 0.15) is 0 Å². The number of nitrogens with one attached hydrogen (secondary N) is 2. The van der Waals surface area contributed by atoms with Crippen LogP contribution in [0, 0.1) is 5.92 Å². The number of pyridine rings is 1. The molecule has 6 nitrogen and oxygen atoms in total. The molecule has 0 bridgehead atoms. The molecule has 0 aliphatic rings. The molecule has 1 unspecified atom stereocenters. The van der Waals surface area contributed by atoms with Gasteiger partial charge in [-0.05, 0) is 18.1 Å². The Morgan fingerprint density at radius 1 is 1.42 bits per heavy atom. The van der Waals surface area contributed by atoms with Crippen LogP contribution in [0.2, 0.25) is 0 Å². The highest BCUT2D eigenvalue weighted by Gasteiger charge is 2.25. The third kappa shape index (κ3) is 4.15. The van der Waals surface area contributed by atoms with Gasteiger partial charge in [0.15, 0.2) is 5.03 Å². The summed E-state index contributed by atoms with van der Waals surface area (Å²) in [4.78, 5) is 3.94. The molecule has 0 aromatic carbocycles. The van der Waals surface area contributed by atoms with E-state index in [1.54, 1.807) is 26.3 Å². The van der Waals surface area contributed by atoms with Crippen molar-refractivity contribution in [2.24, 2.45) is 5.92 Å². The van der Waals surface area contributed by atoms with Crippen LogP contribution in [0.1, 0.15) is 13.8 Å². The van der Waals surface area contributed by atoms with E-state index in [2.05, 4.69) is 15.0 Å². The fraction of sp³-hybridized carbons (Fsp3) is 0.583. The van der Waals surface area contributed by atoms with E-state index in [0.29, 0.717) is 12.3 Å². The van der Waals surface area contributed by atoms with E-state index in [9.17, 15) is 8.42 Å². The molecule has 0 radical (unpaired) electrons. The molecule has 0 fully saturated rings. The summed E-state index contributed by atoms with van der Waals surface area (Å²) in [5, 5.41) is 2.82. The van der Waals surface area contributed by atoms with E-state index >= 15 is 0 Å². The van der Waals surface area contributed by atoms with Crippen molar-refractivity contribution in [3.05, 3.63) is 18.3 Å². The summed E-state index contributed by atoms with van der Waals surface area (Å²) in [5.41, 5.74) is 0.468. The number of anilines is 1. The Morgan fingerprint density at radius 2 is 2.11 bits per heavy atom. The first-order chi connectivity index (χ1) is 8.92.